The number of alkyl halides is 3. The maximum atomic E-state index is 13.2. The third kappa shape index (κ3) is 3.07. The molecule has 1 unspecified atom stereocenters. The smallest absolute Gasteiger partial charge is 0.376 e. The van der Waals surface area contributed by atoms with Crippen LogP contribution in [0.1, 0.15) is 42.1 Å². The number of aliphatic hydroxyl groups is 1. The van der Waals surface area contributed by atoms with Crippen molar-refractivity contribution < 1.29 is 23.1 Å². The van der Waals surface area contributed by atoms with E-state index in [2.05, 4.69) is 0 Å². The highest BCUT2D eigenvalue weighted by atomic mass is 19.4. The normalized spacial score (nSPS) is 15.0. The summed E-state index contributed by atoms with van der Waals surface area (Å²) in [5.41, 5.74) is 1.23. The summed E-state index contributed by atoms with van der Waals surface area (Å²) in [5.74, 6) is -0.991. The molecule has 1 rings (SSSR count). The molecule has 0 bridgehead atoms. The summed E-state index contributed by atoms with van der Waals surface area (Å²) in [7, 11) is 0. The van der Waals surface area contributed by atoms with Crippen LogP contribution in [-0.4, -0.2) is 17.2 Å². The van der Waals surface area contributed by atoms with Gasteiger partial charge in [-0.05, 0) is 12.5 Å². The second kappa shape index (κ2) is 5.61. The first-order valence-electron chi connectivity index (χ1n) is 5.92. The summed E-state index contributed by atoms with van der Waals surface area (Å²) < 4.78 is 39.5. The average molecular weight is 275 g/mol. The summed E-state index contributed by atoms with van der Waals surface area (Å²) in [6.45, 7) is 1.72. The zero-order valence-electron chi connectivity index (χ0n) is 10.5. The van der Waals surface area contributed by atoms with Crippen molar-refractivity contribution in [2.75, 3.05) is 0 Å². The SMILES string of the molecule is CCCCC(O)(c1ccccc1C(N)=O)C(F)(F)F. The molecule has 0 saturated carbocycles. The molecule has 1 aromatic rings. The number of halogens is 3. The number of carbonyl (C=O) groups excluding carboxylic acids is 1. The zero-order chi connectivity index (χ0) is 14.7. The molecular weight excluding hydrogens is 259 g/mol. The molecule has 0 fully saturated rings. The van der Waals surface area contributed by atoms with Crippen LogP contribution in [-0.2, 0) is 5.60 Å². The van der Waals surface area contributed by atoms with Crippen LogP contribution in [0.15, 0.2) is 24.3 Å². The molecule has 3 nitrogen and oxygen atoms in total. The molecule has 0 radical (unpaired) electrons. The van der Waals surface area contributed by atoms with Crippen molar-refractivity contribution >= 4 is 5.91 Å². The number of hydrogen-bond acceptors (Lipinski definition) is 2. The van der Waals surface area contributed by atoms with Crippen LogP contribution >= 0.6 is 0 Å². The van der Waals surface area contributed by atoms with Gasteiger partial charge < -0.3 is 10.8 Å². The van der Waals surface area contributed by atoms with Crippen LogP contribution < -0.4 is 5.73 Å². The quantitative estimate of drug-likeness (QED) is 0.867. The van der Waals surface area contributed by atoms with Crippen molar-refractivity contribution in [2.24, 2.45) is 5.73 Å². The van der Waals surface area contributed by atoms with Crippen molar-refractivity contribution in [3.63, 3.8) is 0 Å². The number of nitrogens with two attached hydrogens (primary N) is 1. The first kappa shape index (κ1) is 15.5. The maximum Gasteiger partial charge on any atom is 0.421 e. The van der Waals surface area contributed by atoms with Gasteiger partial charge in [-0.2, -0.15) is 13.2 Å². The van der Waals surface area contributed by atoms with E-state index >= 15 is 0 Å². The Morgan fingerprint density at radius 2 is 1.89 bits per heavy atom. The highest BCUT2D eigenvalue weighted by Crippen LogP contribution is 2.43. The summed E-state index contributed by atoms with van der Waals surface area (Å²) in [6.07, 6.45) is -4.69. The van der Waals surface area contributed by atoms with E-state index in [9.17, 15) is 23.1 Å². The lowest BCUT2D eigenvalue weighted by atomic mass is 9.84. The molecule has 0 aliphatic carbocycles. The lowest BCUT2D eigenvalue weighted by Gasteiger charge is -2.32. The molecule has 0 aliphatic heterocycles. The fourth-order valence-corrected chi connectivity index (χ4v) is 1.92. The van der Waals surface area contributed by atoms with Crippen molar-refractivity contribution in [3.8, 4) is 0 Å². The second-order valence-corrected chi connectivity index (χ2v) is 4.37. The molecule has 3 N–H and O–H groups in total. The van der Waals surface area contributed by atoms with Gasteiger partial charge in [0.25, 0.3) is 0 Å². The molecular formula is C13H16F3NO2. The van der Waals surface area contributed by atoms with Gasteiger partial charge in [0.15, 0.2) is 5.60 Å². The molecule has 6 heteroatoms. The van der Waals surface area contributed by atoms with Crippen LogP contribution in [0.25, 0.3) is 0 Å². The Kier molecular flexibility index (Phi) is 4.57. The van der Waals surface area contributed by atoms with Gasteiger partial charge in [-0.25, -0.2) is 0 Å². The summed E-state index contributed by atoms with van der Waals surface area (Å²) in [6, 6.07) is 5.01. The Morgan fingerprint density at radius 1 is 1.32 bits per heavy atom. The molecule has 106 valence electrons. The predicted molar refractivity (Wildman–Crippen MR) is 64.4 cm³/mol. The number of hydrogen-bond donors (Lipinski definition) is 2. The molecule has 0 aliphatic rings. The first-order valence-corrected chi connectivity index (χ1v) is 5.92. The lowest BCUT2D eigenvalue weighted by Crippen LogP contribution is -2.43. The van der Waals surface area contributed by atoms with E-state index in [1.807, 2.05) is 0 Å². The van der Waals surface area contributed by atoms with E-state index in [4.69, 9.17) is 5.73 Å². The minimum atomic E-state index is -4.87. The number of primary amides is 1. The average Bonchev–Trinajstić information content (AvgIpc) is 2.34. The maximum absolute atomic E-state index is 13.2. The van der Waals surface area contributed by atoms with E-state index in [1.165, 1.54) is 18.2 Å². The Bertz CT molecular complexity index is 459. The number of rotatable bonds is 5. The van der Waals surface area contributed by atoms with E-state index in [1.54, 1.807) is 6.92 Å². The number of amides is 1. The molecule has 1 atom stereocenters. The van der Waals surface area contributed by atoms with Gasteiger partial charge in [0.2, 0.25) is 5.91 Å². The summed E-state index contributed by atoms with van der Waals surface area (Å²) in [5, 5.41) is 10.0. The molecule has 1 aromatic carbocycles. The number of unbranched alkanes of at least 4 members (excludes halogenated alkanes) is 1. The molecule has 0 saturated heterocycles. The van der Waals surface area contributed by atoms with Gasteiger partial charge >= 0.3 is 6.18 Å². The molecule has 0 heterocycles. The lowest BCUT2D eigenvalue weighted by molar-refractivity contribution is -0.269. The van der Waals surface area contributed by atoms with Crippen LogP contribution in [0.4, 0.5) is 13.2 Å². The van der Waals surface area contributed by atoms with Crippen molar-refractivity contribution in [1.82, 2.24) is 0 Å². The first-order chi connectivity index (χ1) is 8.74. The Balaban J connectivity index is 3.37. The fraction of sp³-hybridized carbons (Fsp3) is 0.462. The summed E-state index contributed by atoms with van der Waals surface area (Å²) >= 11 is 0. The highest BCUT2D eigenvalue weighted by molar-refractivity contribution is 5.94. The van der Waals surface area contributed by atoms with E-state index in [-0.39, 0.29) is 12.0 Å². The Hall–Kier alpha value is -1.56. The van der Waals surface area contributed by atoms with Crippen LogP contribution in [0.5, 0.6) is 0 Å². The van der Waals surface area contributed by atoms with Crippen LogP contribution in [0.3, 0.4) is 0 Å². The van der Waals surface area contributed by atoms with Gasteiger partial charge in [-0.3, -0.25) is 4.79 Å². The molecule has 0 aromatic heterocycles. The fourth-order valence-electron chi connectivity index (χ4n) is 1.92. The standard InChI is InChI=1S/C13H16F3NO2/c1-2-3-8-12(19,13(14,15)16)10-7-5-4-6-9(10)11(17)18/h4-7,19H,2-3,8H2,1H3,(H2,17,18). The number of carbonyl (C=O) groups is 1. The second-order valence-electron chi connectivity index (χ2n) is 4.37. The van der Waals surface area contributed by atoms with E-state index in [0.717, 1.165) is 6.07 Å². The molecule has 19 heavy (non-hydrogen) atoms. The monoisotopic (exact) mass is 275 g/mol. The van der Waals surface area contributed by atoms with Crippen molar-refractivity contribution in [3.05, 3.63) is 35.4 Å². The van der Waals surface area contributed by atoms with Crippen molar-refractivity contribution in [2.45, 2.75) is 38.0 Å². The van der Waals surface area contributed by atoms with Gasteiger partial charge in [0.1, 0.15) is 0 Å². The van der Waals surface area contributed by atoms with Gasteiger partial charge in [0, 0.05) is 11.1 Å². The molecule has 0 spiro atoms. The number of benzene rings is 1. The van der Waals surface area contributed by atoms with Gasteiger partial charge in [-0.1, -0.05) is 38.0 Å². The third-order valence-corrected chi connectivity index (χ3v) is 3.00. The topological polar surface area (TPSA) is 63.3 Å². The third-order valence-electron chi connectivity index (χ3n) is 3.00. The minimum Gasteiger partial charge on any atom is -0.376 e. The summed E-state index contributed by atoms with van der Waals surface area (Å²) in [4.78, 5) is 11.2. The van der Waals surface area contributed by atoms with E-state index < -0.39 is 29.7 Å². The zero-order valence-corrected chi connectivity index (χ0v) is 10.5. The predicted octanol–water partition coefficient (Wildman–Crippen LogP) is 2.73. The Labute approximate surface area is 109 Å². The Morgan fingerprint density at radius 3 is 2.37 bits per heavy atom. The van der Waals surface area contributed by atoms with Gasteiger partial charge in [-0.15, -0.1) is 0 Å². The molecule has 1 amide bonds. The highest BCUT2D eigenvalue weighted by Gasteiger charge is 2.55. The van der Waals surface area contributed by atoms with Gasteiger partial charge in [0.05, 0.1) is 0 Å². The van der Waals surface area contributed by atoms with Crippen LogP contribution in [0, 0.1) is 0 Å². The van der Waals surface area contributed by atoms with Crippen LogP contribution in [0.2, 0.25) is 0 Å². The largest absolute Gasteiger partial charge is 0.421 e. The van der Waals surface area contributed by atoms with E-state index in [0.29, 0.717) is 6.42 Å². The van der Waals surface area contributed by atoms with Crippen molar-refractivity contribution in [1.29, 1.82) is 0 Å². The minimum absolute atomic E-state index is 0.184.